The molecule has 1 N–H and O–H groups in total. The van der Waals surface area contributed by atoms with Gasteiger partial charge in [-0.05, 0) is 38.1 Å². The number of hydrogen-bond donors (Lipinski definition) is 1. The number of fused-ring (bicyclic) bond motifs is 1. The molecular formula is C20H19N3O4. The van der Waals surface area contributed by atoms with Gasteiger partial charge in [-0.1, -0.05) is 11.2 Å². The van der Waals surface area contributed by atoms with Crippen LogP contribution in [0.15, 0.2) is 41.1 Å². The highest BCUT2D eigenvalue weighted by Crippen LogP contribution is 2.45. The van der Waals surface area contributed by atoms with Crippen molar-refractivity contribution in [1.82, 2.24) is 10.1 Å². The van der Waals surface area contributed by atoms with E-state index in [0.717, 1.165) is 22.5 Å². The highest BCUT2D eigenvalue weighted by atomic mass is 16.5. The second kappa shape index (κ2) is 6.75. The van der Waals surface area contributed by atoms with Crippen LogP contribution in [-0.2, 0) is 4.74 Å². The number of hydrogen-bond acceptors (Lipinski definition) is 7. The zero-order valence-corrected chi connectivity index (χ0v) is 15.3. The molecule has 0 saturated heterocycles. The Balaban J connectivity index is 1.85. The van der Waals surface area contributed by atoms with E-state index in [-0.39, 0.29) is 6.04 Å². The molecule has 0 bridgehead atoms. The predicted octanol–water partition coefficient (Wildman–Crippen LogP) is 3.69. The molecule has 0 radical (unpaired) electrons. The first-order chi connectivity index (χ1) is 13.1. The Morgan fingerprint density at radius 2 is 2.11 bits per heavy atom. The second-order valence-corrected chi connectivity index (χ2v) is 6.32. The van der Waals surface area contributed by atoms with Crippen molar-refractivity contribution in [2.45, 2.75) is 19.9 Å². The number of aromatic nitrogens is 2. The number of carbonyl (C=O) groups excluding carboxylic acids is 1. The van der Waals surface area contributed by atoms with Crippen molar-refractivity contribution in [1.29, 1.82) is 0 Å². The minimum Gasteiger partial charge on any atom is -0.488 e. The highest BCUT2D eigenvalue weighted by Gasteiger charge is 2.30. The minimum absolute atomic E-state index is 0.179. The topological polar surface area (TPSA) is 86.5 Å². The molecule has 0 spiro atoms. The lowest BCUT2D eigenvalue weighted by atomic mass is 9.97. The van der Waals surface area contributed by atoms with Crippen molar-refractivity contribution in [3.8, 4) is 16.9 Å². The number of benzene rings is 1. The van der Waals surface area contributed by atoms with Gasteiger partial charge in [-0.25, -0.2) is 4.79 Å². The van der Waals surface area contributed by atoms with Crippen LogP contribution in [0.2, 0.25) is 0 Å². The zero-order valence-electron chi connectivity index (χ0n) is 15.3. The van der Waals surface area contributed by atoms with Gasteiger partial charge >= 0.3 is 5.97 Å². The number of pyridine rings is 1. The molecule has 4 rings (SSSR count). The van der Waals surface area contributed by atoms with E-state index in [1.54, 1.807) is 12.3 Å². The molecule has 7 nitrogen and oxygen atoms in total. The van der Waals surface area contributed by atoms with Crippen LogP contribution in [0, 0.1) is 13.8 Å². The Labute approximate surface area is 156 Å². The maximum atomic E-state index is 12.3. The number of anilines is 1. The van der Waals surface area contributed by atoms with Gasteiger partial charge in [-0.2, -0.15) is 0 Å². The van der Waals surface area contributed by atoms with Crippen molar-refractivity contribution in [3.63, 3.8) is 0 Å². The molecule has 3 aromatic rings. The number of esters is 1. The van der Waals surface area contributed by atoms with Gasteiger partial charge in [0.25, 0.3) is 0 Å². The first-order valence-electron chi connectivity index (χ1n) is 8.59. The molecule has 1 aliphatic rings. The van der Waals surface area contributed by atoms with Crippen molar-refractivity contribution < 1.29 is 18.8 Å². The third-order valence-electron chi connectivity index (χ3n) is 4.62. The third kappa shape index (κ3) is 2.91. The maximum Gasteiger partial charge on any atom is 0.340 e. The van der Waals surface area contributed by atoms with Gasteiger partial charge in [0.15, 0.2) is 5.75 Å². The third-order valence-corrected chi connectivity index (χ3v) is 4.62. The molecule has 1 aliphatic heterocycles. The van der Waals surface area contributed by atoms with Crippen molar-refractivity contribution >= 4 is 11.7 Å². The molecule has 3 heterocycles. The summed E-state index contributed by atoms with van der Waals surface area (Å²) in [6.07, 6.45) is 1.73. The maximum absolute atomic E-state index is 12.3. The van der Waals surface area contributed by atoms with Crippen LogP contribution in [-0.4, -0.2) is 29.8 Å². The van der Waals surface area contributed by atoms with E-state index in [9.17, 15) is 4.79 Å². The fourth-order valence-corrected chi connectivity index (χ4v) is 3.34. The molecule has 1 unspecified atom stereocenters. The predicted molar refractivity (Wildman–Crippen MR) is 98.8 cm³/mol. The van der Waals surface area contributed by atoms with Crippen molar-refractivity contribution in [3.05, 3.63) is 59.2 Å². The fraction of sp³-hybridized carbons (Fsp3) is 0.250. The molecular weight excluding hydrogens is 346 g/mol. The SMILES string of the molecule is COC(=O)c1ccc(-c2c(C)noc2C)c2c1NC(c1ccccn1)CO2. The van der Waals surface area contributed by atoms with Crippen molar-refractivity contribution in [2.24, 2.45) is 0 Å². The number of methoxy groups -OCH3 is 1. The summed E-state index contributed by atoms with van der Waals surface area (Å²) in [7, 11) is 1.36. The van der Waals surface area contributed by atoms with Gasteiger partial charge in [0.1, 0.15) is 18.4 Å². The number of nitrogens with one attached hydrogen (secondary N) is 1. The summed E-state index contributed by atoms with van der Waals surface area (Å²) in [5.41, 5.74) is 4.27. The summed E-state index contributed by atoms with van der Waals surface area (Å²) in [6.45, 7) is 4.10. The smallest absolute Gasteiger partial charge is 0.340 e. The normalized spacial score (nSPS) is 15.4. The second-order valence-electron chi connectivity index (χ2n) is 6.32. The lowest BCUT2D eigenvalue weighted by molar-refractivity contribution is 0.0601. The lowest BCUT2D eigenvalue weighted by Crippen LogP contribution is -2.26. The van der Waals surface area contributed by atoms with Crippen LogP contribution in [0.3, 0.4) is 0 Å². The van der Waals surface area contributed by atoms with Gasteiger partial charge in [-0.15, -0.1) is 0 Å². The minimum atomic E-state index is -0.436. The van der Waals surface area contributed by atoms with E-state index in [1.165, 1.54) is 7.11 Å². The average molecular weight is 365 g/mol. The number of carbonyl (C=O) groups is 1. The first kappa shape index (κ1) is 17.1. The van der Waals surface area contributed by atoms with Crippen LogP contribution in [0.1, 0.15) is 33.5 Å². The van der Waals surface area contributed by atoms with E-state index in [2.05, 4.69) is 15.5 Å². The molecule has 0 fully saturated rings. The molecule has 138 valence electrons. The summed E-state index contributed by atoms with van der Waals surface area (Å²) in [4.78, 5) is 16.7. The summed E-state index contributed by atoms with van der Waals surface area (Å²) >= 11 is 0. The molecule has 2 aromatic heterocycles. The van der Waals surface area contributed by atoms with Crippen LogP contribution in [0.5, 0.6) is 5.75 Å². The Hall–Kier alpha value is -3.35. The van der Waals surface area contributed by atoms with Gasteiger partial charge < -0.3 is 19.3 Å². The quantitative estimate of drug-likeness (QED) is 0.708. The van der Waals surface area contributed by atoms with E-state index in [0.29, 0.717) is 29.4 Å². The lowest BCUT2D eigenvalue weighted by Gasteiger charge is -2.30. The molecule has 0 amide bonds. The van der Waals surface area contributed by atoms with E-state index in [4.69, 9.17) is 14.0 Å². The van der Waals surface area contributed by atoms with Gasteiger partial charge in [0, 0.05) is 11.8 Å². The summed E-state index contributed by atoms with van der Waals surface area (Å²) in [5.74, 6) is 0.838. The molecule has 1 aromatic carbocycles. The average Bonchev–Trinajstić information content (AvgIpc) is 3.05. The van der Waals surface area contributed by atoms with Crippen LogP contribution in [0.25, 0.3) is 11.1 Å². The highest BCUT2D eigenvalue weighted by molar-refractivity contribution is 6.00. The first-order valence-corrected chi connectivity index (χ1v) is 8.59. The summed E-state index contributed by atoms with van der Waals surface area (Å²) in [6, 6.07) is 9.07. The number of aryl methyl sites for hydroxylation is 2. The molecule has 7 heteroatoms. The molecule has 0 saturated carbocycles. The van der Waals surface area contributed by atoms with Crippen LogP contribution >= 0.6 is 0 Å². The standard InChI is InChI=1S/C20H19N3O4/c1-11-17(12(2)27-23-11)13-7-8-14(20(24)25-3)18-19(13)26-10-16(22-18)15-6-4-5-9-21-15/h4-9,16,22H,10H2,1-3H3. The molecule has 27 heavy (non-hydrogen) atoms. The van der Waals surface area contributed by atoms with Crippen LogP contribution in [0.4, 0.5) is 5.69 Å². The Kier molecular flexibility index (Phi) is 4.27. The number of ether oxygens (including phenoxy) is 2. The Morgan fingerprint density at radius 1 is 1.26 bits per heavy atom. The monoisotopic (exact) mass is 365 g/mol. The summed E-state index contributed by atoms with van der Waals surface area (Å²) < 4.78 is 16.4. The van der Waals surface area contributed by atoms with Gasteiger partial charge in [0.2, 0.25) is 0 Å². The van der Waals surface area contributed by atoms with Crippen LogP contribution < -0.4 is 10.1 Å². The molecule has 0 aliphatic carbocycles. The number of nitrogens with zero attached hydrogens (tertiary/aromatic N) is 2. The van der Waals surface area contributed by atoms with Crippen molar-refractivity contribution in [2.75, 3.05) is 19.0 Å². The van der Waals surface area contributed by atoms with E-state index < -0.39 is 5.97 Å². The largest absolute Gasteiger partial charge is 0.488 e. The Morgan fingerprint density at radius 3 is 2.78 bits per heavy atom. The number of rotatable bonds is 3. The van der Waals surface area contributed by atoms with E-state index in [1.807, 2.05) is 38.1 Å². The fourth-order valence-electron chi connectivity index (χ4n) is 3.34. The zero-order chi connectivity index (χ0) is 19.0. The Bertz CT molecular complexity index is 978. The molecule has 1 atom stereocenters. The summed E-state index contributed by atoms with van der Waals surface area (Å²) in [5, 5.41) is 7.42. The van der Waals surface area contributed by atoms with E-state index >= 15 is 0 Å². The van der Waals surface area contributed by atoms with Gasteiger partial charge in [-0.3, -0.25) is 4.98 Å². The van der Waals surface area contributed by atoms with Gasteiger partial charge in [0.05, 0.1) is 35.3 Å².